The Hall–Kier alpha value is -1.47. The predicted octanol–water partition coefficient (Wildman–Crippen LogP) is 2.41. The van der Waals surface area contributed by atoms with Gasteiger partial charge in [0.1, 0.15) is 11.6 Å². The summed E-state index contributed by atoms with van der Waals surface area (Å²) in [6.07, 6.45) is 5.21. The van der Waals surface area contributed by atoms with Gasteiger partial charge in [-0.05, 0) is 19.8 Å². The summed E-state index contributed by atoms with van der Waals surface area (Å²) in [4.78, 5) is 15.6. The van der Waals surface area contributed by atoms with Crippen LogP contribution in [-0.4, -0.2) is 52.8 Å². The van der Waals surface area contributed by atoms with E-state index < -0.39 is 5.54 Å². The molecule has 1 amide bonds. The maximum atomic E-state index is 13.3. The minimum atomic E-state index is -0.419. The fraction of sp³-hybridized carbons (Fsp3) is 0.833. The molecular formula is C18H30N4O3. The van der Waals surface area contributed by atoms with Crippen LogP contribution in [0.3, 0.4) is 0 Å². The zero-order valence-electron chi connectivity index (χ0n) is 15.6. The third-order valence-corrected chi connectivity index (χ3v) is 5.39. The maximum absolute atomic E-state index is 13.3. The Morgan fingerprint density at radius 3 is 2.32 bits per heavy atom. The molecule has 0 aromatic carbocycles. The summed E-state index contributed by atoms with van der Waals surface area (Å²) in [6.45, 7) is 8.97. The van der Waals surface area contributed by atoms with Crippen LogP contribution in [0.5, 0.6) is 0 Å². The molecule has 2 heterocycles. The van der Waals surface area contributed by atoms with Gasteiger partial charge in [0.2, 0.25) is 17.7 Å². The highest BCUT2D eigenvalue weighted by Crippen LogP contribution is 2.35. The average molecular weight is 350 g/mol. The van der Waals surface area contributed by atoms with Crippen molar-refractivity contribution in [1.29, 1.82) is 0 Å². The van der Waals surface area contributed by atoms with E-state index in [1.165, 1.54) is 6.42 Å². The first-order chi connectivity index (χ1) is 12.0. The molecule has 0 bridgehead atoms. The molecule has 1 saturated heterocycles. The van der Waals surface area contributed by atoms with Crippen LogP contribution in [0.1, 0.15) is 76.6 Å². The lowest BCUT2D eigenvalue weighted by molar-refractivity contribution is -0.141. The van der Waals surface area contributed by atoms with Crippen LogP contribution >= 0.6 is 0 Å². The second-order valence-electron chi connectivity index (χ2n) is 7.52. The first kappa shape index (κ1) is 18.3. The lowest BCUT2D eigenvalue weighted by Gasteiger charge is -2.46. The van der Waals surface area contributed by atoms with Gasteiger partial charge in [0.05, 0.1) is 13.2 Å². The molecule has 1 aromatic heterocycles. The van der Waals surface area contributed by atoms with Crippen molar-refractivity contribution in [2.45, 2.75) is 70.4 Å². The normalized spacial score (nSPS) is 22.7. The Morgan fingerprint density at radius 2 is 1.72 bits per heavy atom. The fourth-order valence-electron chi connectivity index (χ4n) is 3.86. The van der Waals surface area contributed by atoms with E-state index >= 15 is 0 Å². The van der Waals surface area contributed by atoms with Gasteiger partial charge < -0.3 is 14.5 Å². The molecule has 1 aliphatic heterocycles. The Balaban J connectivity index is 1.73. The summed E-state index contributed by atoms with van der Waals surface area (Å²) in [6, 6.07) is -0.285. The molecule has 0 radical (unpaired) electrons. The molecule has 25 heavy (non-hydrogen) atoms. The number of hydrogen-bond acceptors (Lipinski definition) is 6. The van der Waals surface area contributed by atoms with Gasteiger partial charge in [0.15, 0.2) is 0 Å². The molecule has 1 N–H and O–H groups in total. The molecule has 1 aliphatic carbocycles. The van der Waals surface area contributed by atoms with Crippen LogP contribution in [0, 0.1) is 0 Å². The summed E-state index contributed by atoms with van der Waals surface area (Å²) in [5.74, 6) is 1.36. The van der Waals surface area contributed by atoms with Gasteiger partial charge in [-0.15, -0.1) is 10.2 Å². The fourth-order valence-corrected chi connectivity index (χ4v) is 3.86. The first-order valence-electron chi connectivity index (χ1n) is 9.50. The summed E-state index contributed by atoms with van der Waals surface area (Å²) >= 11 is 0. The second-order valence-corrected chi connectivity index (χ2v) is 7.52. The van der Waals surface area contributed by atoms with Crippen LogP contribution in [0.2, 0.25) is 0 Å². The van der Waals surface area contributed by atoms with Crippen LogP contribution in [-0.2, 0) is 9.53 Å². The second kappa shape index (κ2) is 7.83. The number of hydrogen-bond donors (Lipinski definition) is 1. The summed E-state index contributed by atoms with van der Waals surface area (Å²) in [5.41, 5.74) is -0.419. The van der Waals surface area contributed by atoms with Crippen molar-refractivity contribution in [1.82, 2.24) is 20.4 Å². The molecule has 1 saturated carbocycles. The quantitative estimate of drug-likeness (QED) is 0.878. The van der Waals surface area contributed by atoms with Crippen LogP contribution in [0.15, 0.2) is 4.42 Å². The average Bonchev–Trinajstić information content (AvgIpc) is 3.13. The minimum absolute atomic E-state index is 0.0888. The van der Waals surface area contributed by atoms with Gasteiger partial charge in [-0.3, -0.25) is 9.69 Å². The van der Waals surface area contributed by atoms with Crippen LogP contribution in [0.4, 0.5) is 0 Å². The number of aromatic nitrogens is 2. The zero-order chi connectivity index (χ0) is 17.9. The molecule has 2 aliphatic rings. The molecule has 7 heteroatoms. The van der Waals surface area contributed by atoms with Gasteiger partial charge in [-0.1, -0.05) is 33.1 Å². The molecule has 0 spiro atoms. The number of carbonyl (C=O) groups is 1. The van der Waals surface area contributed by atoms with E-state index in [-0.39, 0.29) is 17.9 Å². The van der Waals surface area contributed by atoms with E-state index in [0.29, 0.717) is 25.0 Å². The molecular weight excluding hydrogens is 320 g/mol. The lowest BCUT2D eigenvalue weighted by atomic mass is 9.79. The Kier molecular flexibility index (Phi) is 5.74. The van der Waals surface area contributed by atoms with E-state index in [2.05, 4.69) is 20.4 Å². The first-order valence-corrected chi connectivity index (χ1v) is 9.50. The summed E-state index contributed by atoms with van der Waals surface area (Å²) in [5, 5.41) is 11.3. The molecule has 2 fully saturated rings. The van der Waals surface area contributed by atoms with E-state index in [9.17, 15) is 4.79 Å². The third-order valence-electron chi connectivity index (χ3n) is 5.39. The number of nitrogens with zero attached hydrogens (tertiary/aromatic N) is 3. The zero-order valence-corrected chi connectivity index (χ0v) is 15.6. The van der Waals surface area contributed by atoms with Crippen molar-refractivity contribution >= 4 is 5.91 Å². The molecule has 0 unspecified atom stereocenters. The van der Waals surface area contributed by atoms with Crippen molar-refractivity contribution in [2.24, 2.45) is 0 Å². The lowest BCUT2D eigenvalue weighted by Crippen LogP contribution is -2.62. The highest BCUT2D eigenvalue weighted by molar-refractivity contribution is 5.86. The standard InChI is InChI=1S/C18H30N4O3/c1-13(2)15-20-21-16(25-15)14(3)19-17(23)18(7-5-4-6-8-18)22-9-11-24-12-10-22/h13-14H,4-12H2,1-3H3,(H,19,23)/t14-/m0/s1. The van der Waals surface area contributed by atoms with Gasteiger partial charge >= 0.3 is 0 Å². The minimum Gasteiger partial charge on any atom is -0.423 e. The van der Waals surface area contributed by atoms with Gasteiger partial charge in [-0.2, -0.15) is 0 Å². The number of rotatable bonds is 5. The monoisotopic (exact) mass is 350 g/mol. The number of nitrogens with one attached hydrogen (secondary N) is 1. The van der Waals surface area contributed by atoms with E-state index in [4.69, 9.17) is 9.15 Å². The van der Waals surface area contributed by atoms with E-state index in [1.807, 2.05) is 20.8 Å². The number of ether oxygens (including phenoxy) is 1. The van der Waals surface area contributed by atoms with Crippen LogP contribution in [0.25, 0.3) is 0 Å². The molecule has 1 atom stereocenters. The molecule has 1 aromatic rings. The highest BCUT2D eigenvalue weighted by atomic mass is 16.5. The van der Waals surface area contributed by atoms with Crippen molar-refractivity contribution in [3.63, 3.8) is 0 Å². The topological polar surface area (TPSA) is 80.5 Å². The van der Waals surface area contributed by atoms with E-state index in [1.54, 1.807) is 0 Å². The maximum Gasteiger partial charge on any atom is 0.241 e. The number of carbonyl (C=O) groups excluding carboxylic acids is 1. The van der Waals surface area contributed by atoms with Gasteiger partial charge in [0, 0.05) is 19.0 Å². The smallest absolute Gasteiger partial charge is 0.241 e. The molecule has 140 valence electrons. The van der Waals surface area contributed by atoms with Crippen molar-refractivity contribution < 1.29 is 13.9 Å². The number of morpholine rings is 1. The summed E-state index contributed by atoms with van der Waals surface area (Å²) in [7, 11) is 0. The van der Waals surface area contributed by atoms with Crippen molar-refractivity contribution in [2.75, 3.05) is 26.3 Å². The molecule has 7 nitrogen and oxygen atoms in total. The Morgan fingerprint density at radius 1 is 1.08 bits per heavy atom. The largest absolute Gasteiger partial charge is 0.423 e. The predicted molar refractivity (Wildman–Crippen MR) is 93.2 cm³/mol. The highest BCUT2D eigenvalue weighted by Gasteiger charge is 2.45. The SMILES string of the molecule is CC(C)c1nnc([C@H](C)NC(=O)C2(N3CCOCC3)CCCCC2)o1. The van der Waals surface area contributed by atoms with Crippen LogP contribution < -0.4 is 5.32 Å². The van der Waals surface area contributed by atoms with Crippen molar-refractivity contribution in [3.05, 3.63) is 11.8 Å². The van der Waals surface area contributed by atoms with Gasteiger partial charge in [0.25, 0.3) is 0 Å². The van der Waals surface area contributed by atoms with E-state index in [0.717, 1.165) is 38.8 Å². The summed E-state index contributed by atoms with van der Waals surface area (Å²) < 4.78 is 11.2. The third kappa shape index (κ3) is 3.87. The van der Waals surface area contributed by atoms with Gasteiger partial charge in [-0.25, -0.2) is 0 Å². The molecule has 3 rings (SSSR count). The number of amides is 1. The Labute approximate surface area is 149 Å². The van der Waals surface area contributed by atoms with Crippen molar-refractivity contribution in [3.8, 4) is 0 Å². The Bertz CT molecular complexity index is 575.